The maximum absolute atomic E-state index is 12.2. The van der Waals surface area contributed by atoms with E-state index in [1.807, 2.05) is 0 Å². The minimum absolute atomic E-state index is 0.309. The first-order valence-electron chi connectivity index (χ1n) is 6.98. The summed E-state index contributed by atoms with van der Waals surface area (Å²) >= 11 is 0. The van der Waals surface area contributed by atoms with Crippen molar-refractivity contribution in [2.45, 2.75) is 39.5 Å². The number of nitrogens with zero attached hydrogens (tertiary/aromatic N) is 1. The first-order chi connectivity index (χ1) is 8.53. The molecule has 1 rings (SSSR count). The number of hydrogen-bond donors (Lipinski definition) is 2. The summed E-state index contributed by atoms with van der Waals surface area (Å²) in [6.45, 7) is 6.48. The molecule has 6 heteroatoms. The van der Waals surface area contributed by atoms with E-state index in [0.717, 1.165) is 25.7 Å². The lowest BCUT2D eigenvalue weighted by Crippen LogP contribution is -2.48. The van der Waals surface area contributed by atoms with E-state index in [9.17, 15) is 8.42 Å². The van der Waals surface area contributed by atoms with Crippen LogP contribution in [0.15, 0.2) is 0 Å². The van der Waals surface area contributed by atoms with Gasteiger partial charge in [-0.15, -0.1) is 0 Å². The number of nitrogens with one attached hydrogen (secondary N) is 1. The standard InChI is InChI=1S/C12H27N3O2S/c1-3-11(4-2)9-14-18(16,17)15-7-5-6-12(8-13)10-15/h11-12,14H,3-10,13H2,1-2H3. The third kappa shape index (κ3) is 4.50. The zero-order valence-electron chi connectivity index (χ0n) is 11.6. The van der Waals surface area contributed by atoms with E-state index in [-0.39, 0.29) is 0 Å². The molecular weight excluding hydrogens is 250 g/mol. The molecule has 1 unspecified atom stereocenters. The second kappa shape index (κ2) is 7.43. The zero-order valence-corrected chi connectivity index (χ0v) is 12.4. The molecule has 0 amide bonds. The quantitative estimate of drug-likeness (QED) is 0.727. The molecule has 0 aromatic carbocycles. The van der Waals surface area contributed by atoms with Crippen LogP contribution in [-0.2, 0) is 10.2 Å². The number of rotatable bonds is 7. The second-order valence-corrected chi connectivity index (χ2v) is 6.89. The molecule has 0 aliphatic carbocycles. The number of hydrogen-bond acceptors (Lipinski definition) is 3. The molecule has 1 saturated heterocycles. The fraction of sp³-hybridized carbons (Fsp3) is 1.00. The Morgan fingerprint density at radius 1 is 1.39 bits per heavy atom. The van der Waals surface area contributed by atoms with Crippen LogP contribution in [0.2, 0.25) is 0 Å². The lowest BCUT2D eigenvalue weighted by atomic mass is 10.0. The van der Waals surface area contributed by atoms with E-state index >= 15 is 0 Å². The van der Waals surface area contributed by atoms with E-state index in [1.165, 1.54) is 0 Å². The van der Waals surface area contributed by atoms with E-state index in [2.05, 4.69) is 18.6 Å². The average molecular weight is 277 g/mol. The van der Waals surface area contributed by atoms with Gasteiger partial charge in [-0.05, 0) is 31.2 Å². The summed E-state index contributed by atoms with van der Waals surface area (Å²) in [6, 6.07) is 0. The molecular formula is C12H27N3O2S. The number of piperidine rings is 1. The molecule has 5 nitrogen and oxygen atoms in total. The van der Waals surface area contributed by atoms with Crippen LogP contribution in [0.5, 0.6) is 0 Å². The Morgan fingerprint density at radius 2 is 2.06 bits per heavy atom. The lowest BCUT2D eigenvalue weighted by molar-refractivity contribution is 0.267. The van der Waals surface area contributed by atoms with Gasteiger partial charge < -0.3 is 5.73 Å². The second-order valence-electron chi connectivity index (χ2n) is 5.14. The Hall–Kier alpha value is -0.170. The van der Waals surface area contributed by atoms with Gasteiger partial charge in [0.15, 0.2) is 0 Å². The van der Waals surface area contributed by atoms with Crippen molar-refractivity contribution in [1.29, 1.82) is 0 Å². The highest BCUT2D eigenvalue weighted by Crippen LogP contribution is 2.17. The Balaban J connectivity index is 2.52. The maximum Gasteiger partial charge on any atom is 0.279 e. The average Bonchev–Trinajstić information content (AvgIpc) is 2.40. The zero-order chi connectivity index (χ0) is 13.6. The van der Waals surface area contributed by atoms with Gasteiger partial charge in [-0.1, -0.05) is 26.7 Å². The molecule has 3 N–H and O–H groups in total. The summed E-state index contributed by atoms with van der Waals surface area (Å²) in [4.78, 5) is 0. The van der Waals surface area contributed by atoms with Crippen molar-refractivity contribution >= 4 is 10.2 Å². The van der Waals surface area contributed by atoms with Crippen LogP contribution in [0.3, 0.4) is 0 Å². The molecule has 1 aliphatic heterocycles. The molecule has 1 heterocycles. The highest BCUT2D eigenvalue weighted by Gasteiger charge is 2.28. The Bertz CT molecular complexity index is 328. The number of nitrogens with two attached hydrogens (primary N) is 1. The van der Waals surface area contributed by atoms with E-state index in [4.69, 9.17) is 5.73 Å². The maximum atomic E-state index is 12.2. The van der Waals surface area contributed by atoms with Crippen molar-refractivity contribution in [1.82, 2.24) is 9.03 Å². The Kier molecular flexibility index (Phi) is 6.55. The van der Waals surface area contributed by atoms with Crippen LogP contribution in [0.1, 0.15) is 39.5 Å². The predicted octanol–water partition coefficient (Wildman–Crippen LogP) is 0.928. The highest BCUT2D eigenvalue weighted by molar-refractivity contribution is 7.87. The predicted molar refractivity (Wildman–Crippen MR) is 74.3 cm³/mol. The van der Waals surface area contributed by atoms with Gasteiger partial charge in [-0.3, -0.25) is 0 Å². The summed E-state index contributed by atoms with van der Waals surface area (Å²) in [5.41, 5.74) is 5.63. The smallest absolute Gasteiger partial charge is 0.279 e. The van der Waals surface area contributed by atoms with Gasteiger partial charge in [0, 0.05) is 19.6 Å². The van der Waals surface area contributed by atoms with Crippen LogP contribution in [0.25, 0.3) is 0 Å². The molecule has 0 saturated carbocycles. The van der Waals surface area contributed by atoms with Gasteiger partial charge in [0.2, 0.25) is 0 Å². The van der Waals surface area contributed by atoms with Crippen molar-refractivity contribution < 1.29 is 8.42 Å². The first-order valence-corrected chi connectivity index (χ1v) is 8.42. The summed E-state index contributed by atoms with van der Waals surface area (Å²) in [7, 11) is -3.31. The minimum Gasteiger partial charge on any atom is -0.330 e. The van der Waals surface area contributed by atoms with Crippen LogP contribution in [-0.4, -0.2) is 38.9 Å². The van der Waals surface area contributed by atoms with Crippen molar-refractivity contribution in [3.63, 3.8) is 0 Å². The Labute approximate surface area is 111 Å². The molecule has 0 aromatic rings. The van der Waals surface area contributed by atoms with E-state index < -0.39 is 10.2 Å². The van der Waals surface area contributed by atoms with Gasteiger partial charge in [-0.25, -0.2) is 4.72 Å². The van der Waals surface area contributed by atoms with Gasteiger partial charge >= 0.3 is 0 Å². The molecule has 108 valence electrons. The third-order valence-corrected chi connectivity index (χ3v) is 5.41. The van der Waals surface area contributed by atoms with Crippen LogP contribution in [0, 0.1) is 11.8 Å². The third-order valence-electron chi connectivity index (χ3n) is 3.86. The molecule has 1 atom stereocenters. The topological polar surface area (TPSA) is 75.4 Å². The first kappa shape index (κ1) is 15.9. The molecule has 0 aromatic heterocycles. The van der Waals surface area contributed by atoms with Gasteiger partial charge in [0.1, 0.15) is 0 Å². The highest BCUT2D eigenvalue weighted by atomic mass is 32.2. The molecule has 1 aliphatic rings. The van der Waals surface area contributed by atoms with Gasteiger partial charge in [0.05, 0.1) is 0 Å². The minimum atomic E-state index is -3.31. The van der Waals surface area contributed by atoms with Crippen molar-refractivity contribution in [3.05, 3.63) is 0 Å². The van der Waals surface area contributed by atoms with Crippen molar-refractivity contribution in [2.75, 3.05) is 26.2 Å². The van der Waals surface area contributed by atoms with Crippen molar-refractivity contribution in [2.24, 2.45) is 17.6 Å². The largest absolute Gasteiger partial charge is 0.330 e. The SMILES string of the molecule is CCC(CC)CNS(=O)(=O)N1CCCC(CN)C1. The fourth-order valence-corrected chi connectivity index (χ4v) is 3.73. The van der Waals surface area contributed by atoms with E-state index in [0.29, 0.717) is 38.0 Å². The van der Waals surface area contributed by atoms with Crippen LogP contribution in [0.4, 0.5) is 0 Å². The fourth-order valence-electron chi connectivity index (χ4n) is 2.33. The normalized spacial score (nSPS) is 22.6. The molecule has 0 bridgehead atoms. The summed E-state index contributed by atoms with van der Waals surface area (Å²) < 4.78 is 28.6. The Morgan fingerprint density at radius 3 is 2.61 bits per heavy atom. The van der Waals surface area contributed by atoms with Crippen molar-refractivity contribution in [3.8, 4) is 0 Å². The van der Waals surface area contributed by atoms with Crippen LogP contribution < -0.4 is 10.5 Å². The molecule has 0 spiro atoms. The molecule has 18 heavy (non-hydrogen) atoms. The monoisotopic (exact) mass is 277 g/mol. The van der Waals surface area contributed by atoms with Gasteiger partial charge in [0.25, 0.3) is 10.2 Å². The molecule has 1 fully saturated rings. The lowest BCUT2D eigenvalue weighted by Gasteiger charge is -2.31. The van der Waals surface area contributed by atoms with Gasteiger partial charge in [-0.2, -0.15) is 12.7 Å². The summed E-state index contributed by atoms with van der Waals surface area (Å²) in [5.74, 6) is 0.735. The van der Waals surface area contributed by atoms with E-state index in [1.54, 1.807) is 4.31 Å². The van der Waals surface area contributed by atoms with Crippen LogP contribution >= 0.6 is 0 Å². The summed E-state index contributed by atoms with van der Waals surface area (Å²) in [5, 5.41) is 0. The summed E-state index contributed by atoms with van der Waals surface area (Å²) in [6.07, 6.45) is 3.96. The molecule has 0 radical (unpaired) electrons.